The number of rotatable bonds is 3. The summed E-state index contributed by atoms with van der Waals surface area (Å²) < 4.78 is 5.05. The maximum absolute atomic E-state index is 11.3. The molecule has 1 aromatic rings. The first kappa shape index (κ1) is 14.6. The van der Waals surface area contributed by atoms with Gasteiger partial charge in [0.25, 0.3) is 0 Å². The molecule has 0 aliphatic rings. The predicted octanol–water partition coefficient (Wildman–Crippen LogP) is 3.27. The summed E-state index contributed by atoms with van der Waals surface area (Å²) in [6, 6.07) is 7.87. The summed E-state index contributed by atoms with van der Waals surface area (Å²) in [5.41, 5.74) is 2.73. The molecule has 1 aromatic carbocycles. The molecule has 1 N–H and O–H groups in total. The second-order valence-corrected chi connectivity index (χ2v) is 5.52. The highest BCUT2D eigenvalue weighted by atomic mass is 32.2. The quantitative estimate of drug-likeness (QED) is 0.519. The molecule has 0 saturated carbocycles. The van der Waals surface area contributed by atoms with E-state index < -0.39 is 11.7 Å². The topological polar surface area (TPSA) is 50.7 Å². The highest BCUT2D eigenvalue weighted by Crippen LogP contribution is 2.13. The Hall–Kier alpha value is -1.49. The van der Waals surface area contributed by atoms with Gasteiger partial charge in [-0.25, -0.2) is 10.2 Å². The molecule has 5 heteroatoms. The van der Waals surface area contributed by atoms with Gasteiger partial charge in [0, 0.05) is 4.90 Å². The van der Waals surface area contributed by atoms with Crippen LogP contribution in [0.3, 0.4) is 0 Å². The van der Waals surface area contributed by atoms with E-state index in [9.17, 15) is 4.79 Å². The molecular weight excluding hydrogens is 248 g/mol. The molecule has 0 aliphatic carbocycles. The average molecular weight is 266 g/mol. The SMILES string of the molecule is CSc1ccc(/C=N/NC(=O)OC(C)(C)C)cc1. The van der Waals surface area contributed by atoms with Gasteiger partial charge >= 0.3 is 6.09 Å². The number of hydrogen-bond acceptors (Lipinski definition) is 4. The van der Waals surface area contributed by atoms with Gasteiger partial charge in [-0.2, -0.15) is 5.10 Å². The van der Waals surface area contributed by atoms with Crippen molar-refractivity contribution < 1.29 is 9.53 Å². The van der Waals surface area contributed by atoms with Crippen LogP contribution in [0.25, 0.3) is 0 Å². The Morgan fingerprint density at radius 3 is 2.44 bits per heavy atom. The van der Waals surface area contributed by atoms with E-state index in [0.717, 1.165) is 5.56 Å². The van der Waals surface area contributed by atoms with Gasteiger partial charge < -0.3 is 4.74 Å². The standard InChI is InChI=1S/C13H18N2O2S/c1-13(2,3)17-12(16)15-14-9-10-5-7-11(18-4)8-6-10/h5-9H,1-4H3,(H,15,16)/b14-9+. The van der Waals surface area contributed by atoms with E-state index >= 15 is 0 Å². The van der Waals surface area contributed by atoms with Crippen LogP contribution in [0.1, 0.15) is 26.3 Å². The Morgan fingerprint density at radius 1 is 1.33 bits per heavy atom. The van der Waals surface area contributed by atoms with Crippen LogP contribution in [0, 0.1) is 0 Å². The fraction of sp³-hybridized carbons (Fsp3) is 0.385. The number of hydrazone groups is 1. The summed E-state index contributed by atoms with van der Waals surface area (Å²) in [5.74, 6) is 0. The molecule has 0 unspecified atom stereocenters. The zero-order chi connectivity index (χ0) is 13.6. The third kappa shape index (κ3) is 5.72. The van der Waals surface area contributed by atoms with E-state index in [0.29, 0.717) is 0 Å². The molecule has 0 aromatic heterocycles. The fourth-order valence-corrected chi connectivity index (χ4v) is 1.56. The molecule has 0 heterocycles. The molecule has 18 heavy (non-hydrogen) atoms. The lowest BCUT2D eigenvalue weighted by Gasteiger charge is -2.18. The lowest BCUT2D eigenvalue weighted by atomic mass is 10.2. The summed E-state index contributed by atoms with van der Waals surface area (Å²) in [6.45, 7) is 5.41. The van der Waals surface area contributed by atoms with Crippen molar-refractivity contribution in [3.05, 3.63) is 29.8 Å². The Morgan fingerprint density at radius 2 is 1.94 bits per heavy atom. The number of ether oxygens (including phenoxy) is 1. The van der Waals surface area contributed by atoms with Crippen LogP contribution in [0.15, 0.2) is 34.3 Å². The van der Waals surface area contributed by atoms with E-state index in [1.54, 1.807) is 38.7 Å². The smallest absolute Gasteiger partial charge is 0.428 e. The highest BCUT2D eigenvalue weighted by molar-refractivity contribution is 7.98. The van der Waals surface area contributed by atoms with Gasteiger partial charge in [-0.05, 0) is 44.7 Å². The van der Waals surface area contributed by atoms with Crippen LogP contribution in [-0.4, -0.2) is 24.2 Å². The third-order valence-corrected chi connectivity index (χ3v) is 2.63. The third-order valence-electron chi connectivity index (χ3n) is 1.88. The van der Waals surface area contributed by atoms with Gasteiger partial charge in [0.2, 0.25) is 0 Å². The Labute approximate surface area is 112 Å². The molecule has 1 amide bonds. The van der Waals surface area contributed by atoms with Gasteiger partial charge in [0.1, 0.15) is 5.60 Å². The molecule has 0 atom stereocenters. The minimum Gasteiger partial charge on any atom is -0.443 e. The largest absolute Gasteiger partial charge is 0.443 e. The Balaban J connectivity index is 2.47. The second-order valence-electron chi connectivity index (χ2n) is 4.65. The number of benzene rings is 1. The van der Waals surface area contributed by atoms with Gasteiger partial charge in [0.05, 0.1) is 6.21 Å². The summed E-state index contributed by atoms with van der Waals surface area (Å²) in [4.78, 5) is 12.5. The van der Waals surface area contributed by atoms with Crippen molar-refractivity contribution in [2.45, 2.75) is 31.3 Å². The number of thioether (sulfide) groups is 1. The lowest BCUT2D eigenvalue weighted by Crippen LogP contribution is -2.29. The van der Waals surface area contributed by atoms with Crippen molar-refractivity contribution in [1.82, 2.24) is 5.43 Å². The molecule has 0 aliphatic heterocycles. The lowest BCUT2D eigenvalue weighted by molar-refractivity contribution is 0.0529. The number of nitrogens with one attached hydrogen (secondary N) is 1. The van der Waals surface area contributed by atoms with Crippen molar-refractivity contribution in [3.8, 4) is 0 Å². The van der Waals surface area contributed by atoms with Crippen LogP contribution in [0.2, 0.25) is 0 Å². The highest BCUT2D eigenvalue weighted by Gasteiger charge is 2.15. The maximum Gasteiger partial charge on any atom is 0.428 e. The molecular formula is C13H18N2O2S. The Kier molecular flexibility index (Phi) is 5.22. The first-order valence-corrected chi connectivity index (χ1v) is 6.79. The van der Waals surface area contributed by atoms with Crippen LogP contribution in [0.4, 0.5) is 4.79 Å². The summed E-state index contributed by atoms with van der Waals surface area (Å²) in [5, 5.41) is 3.82. The predicted molar refractivity (Wildman–Crippen MR) is 75.2 cm³/mol. The molecule has 0 bridgehead atoms. The molecule has 0 spiro atoms. The van der Waals surface area contributed by atoms with Crippen LogP contribution < -0.4 is 5.43 Å². The van der Waals surface area contributed by atoms with E-state index in [2.05, 4.69) is 10.5 Å². The second kappa shape index (κ2) is 6.44. The molecule has 0 fully saturated rings. The Bertz CT molecular complexity index is 422. The fourth-order valence-electron chi connectivity index (χ4n) is 1.15. The first-order valence-electron chi connectivity index (χ1n) is 5.57. The van der Waals surface area contributed by atoms with Crippen molar-refractivity contribution in [1.29, 1.82) is 0 Å². The van der Waals surface area contributed by atoms with E-state index in [-0.39, 0.29) is 0 Å². The van der Waals surface area contributed by atoms with Crippen molar-refractivity contribution >= 4 is 24.1 Å². The van der Waals surface area contributed by atoms with Crippen molar-refractivity contribution in [3.63, 3.8) is 0 Å². The minimum absolute atomic E-state index is 0.514. The monoisotopic (exact) mass is 266 g/mol. The zero-order valence-corrected chi connectivity index (χ0v) is 11.9. The van der Waals surface area contributed by atoms with Crippen LogP contribution in [0.5, 0.6) is 0 Å². The zero-order valence-electron chi connectivity index (χ0n) is 11.1. The molecule has 0 radical (unpaired) electrons. The van der Waals surface area contributed by atoms with Crippen LogP contribution in [-0.2, 0) is 4.74 Å². The molecule has 4 nitrogen and oxygen atoms in total. The van der Waals surface area contributed by atoms with Gasteiger partial charge in [-0.1, -0.05) is 12.1 Å². The normalized spacial score (nSPS) is 11.6. The summed E-state index contributed by atoms with van der Waals surface area (Å²) >= 11 is 1.68. The first-order chi connectivity index (χ1) is 8.40. The van der Waals surface area contributed by atoms with Crippen molar-refractivity contribution in [2.75, 3.05) is 6.26 Å². The van der Waals surface area contributed by atoms with Crippen molar-refractivity contribution in [2.24, 2.45) is 5.10 Å². The number of nitrogens with zero attached hydrogens (tertiary/aromatic N) is 1. The van der Waals surface area contributed by atoms with E-state index in [1.165, 1.54) is 4.90 Å². The maximum atomic E-state index is 11.3. The van der Waals surface area contributed by atoms with E-state index in [4.69, 9.17) is 4.74 Å². The summed E-state index contributed by atoms with van der Waals surface area (Å²) in [6.07, 6.45) is 3.04. The number of carbonyl (C=O) groups is 1. The molecule has 1 rings (SSSR count). The van der Waals surface area contributed by atoms with Gasteiger partial charge in [-0.3, -0.25) is 0 Å². The van der Waals surface area contributed by atoms with Gasteiger partial charge in [-0.15, -0.1) is 11.8 Å². The molecule has 98 valence electrons. The van der Waals surface area contributed by atoms with Gasteiger partial charge in [0.15, 0.2) is 0 Å². The average Bonchev–Trinajstić information content (AvgIpc) is 2.27. The van der Waals surface area contributed by atoms with Crippen LogP contribution >= 0.6 is 11.8 Å². The number of amides is 1. The number of hydrogen-bond donors (Lipinski definition) is 1. The number of carbonyl (C=O) groups excluding carboxylic acids is 1. The summed E-state index contributed by atoms with van der Waals surface area (Å²) in [7, 11) is 0. The minimum atomic E-state index is -0.556. The van der Waals surface area contributed by atoms with E-state index in [1.807, 2.05) is 30.5 Å². The molecule has 0 saturated heterocycles.